The Hall–Kier alpha value is -1.51. The van der Waals surface area contributed by atoms with Gasteiger partial charge in [-0.3, -0.25) is 0 Å². The summed E-state index contributed by atoms with van der Waals surface area (Å²) in [6, 6.07) is 5.40. The number of carboxylic acid groups (broad SMARTS) is 1. The molecule has 0 heterocycles. The van der Waals surface area contributed by atoms with E-state index in [1.807, 2.05) is 26.0 Å². The van der Waals surface area contributed by atoms with Crippen LogP contribution in [-0.2, 0) is 6.42 Å². The highest BCUT2D eigenvalue weighted by Gasteiger charge is 2.09. The zero-order chi connectivity index (χ0) is 10.6. The van der Waals surface area contributed by atoms with Crippen LogP contribution in [0.5, 0.6) is 0 Å². The van der Waals surface area contributed by atoms with Crippen LogP contribution in [0.4, 0.5) is 5.69 Å². The van der Waals surface area contributed by atoms with E-state index in [9.17, 15) is 4.79 Å². The molecule has 0 bridgehead atoms. The molecule has 0 spiro atoms. The van der Waals surface area contributed by atoms with E-state index in [4.69, 9.17) is 5.11 Å². The molecule has 0 atom stereocenters. The van der Waals surface area contributed by atoms with Gasteiger partial charge in [-0.25, -0.2) is 4.79 Å². The van der Waals surface area contributed by atoms with Gasteiger partial charge in [0, 0.05) is 12.2 Å². The van der Waals surface area contributed by atoms with Gasteiger partial charge in [-0.05, 0) is 31.0 Å². The summed E-state index contributed by atoms with van der Waals surface area (Å²) in [6.07, 6.45) is 0.915. The Balaban J connectivity index is 3.10. The zero-order valence-corrected chi connectivity index (χ0v) is 8.50. The second-order valence-corrected chi connectivity index (χ2v) is 3.07. The molecule has 0 saturated carbocycles. The van der Waals surface area contributed by atoms with Crippen molar-refractivity contribution in [3.8, 4) is 0 Å². The maximum atomic E-state index is 10.9. The van der Waals surface area contributed by atoms with Gasteiger partial charge in [0.05, 0.1) is 5.56 Å². The molecule has 3 heteroatoms. The van der Waals surface area contributed by atoms with Gasteiger partial charge in [-0.2, -0.15) is 0 Å². The topological polar surface area (TPSA) is 49.3 Å². The van der Waals surface area contributed by atoms with Crippen LogP contribution in [0.1, 0.15) is 29.8 Å². The lowest BCUT2D eigenvalue weighted by Gasteiger charge is -2.08. The summed E-state index contributed by atoms with van der Waals surface area (Å²) in [4.78, 5) is 10.9. The Labute approximate surface area is 83.8 Å². The fourth-order valence-electron chi connectivity index (χ4n) is 1.33. The average molecular weight is 193 g/mol. The molecule has 1 aromatic carbocycles. The van der Waals surface area contributed by atoms with Crippen LogP contribution in [0.2, 0.25) is 0 Å². The van der Waals surface area contributed by atoms with Crippen LogP contribution in [0.3, 0.4) is 0 Å². The van der Waals surface area contributed by atoms with E-state index in [1.165, 1.54) is 0 Å². The molecule has 14 heavy (non-hydrogen) atoms. The summed E-state index contributed by atoms with van der Waals surface area (Å²) in [6.45, 7) is 4.73. The van der Waals surface area contributed by atoms with Gasteiger partial charge < -0.3 is 10.4 Å². The summed E-state index contributed by atoms with van der Waals surface area (Å²) in [5.41, 5.74) is 2.19. The minimum Gasteiger partial charge on any atom is -0.478 e. The first-order chi connectivity index (χ1) is 6.69. The minimum atomic E-state index is -0.886. The Morgan fingerprint density at radius 1 is 1.43 bits per heavy atom. The fourth-order valence-corrected chi connectivity index (χ4v) is 1.33. The Bertz CT molecular complexity index is 334. The molecule has 0 aromatic heterocycles. The second kappa shape index (κ2) is 4.65. The summed E-state index contributed by atoms with van der Waals surface area (Å²) in [7, 11) is 0. The smallest absolute Gasteiger partial charge is 0.337 e. The summed E-state index contributed by atoms with van der Waals surface area (Å²) < 4.78 is 0. The predicted molar refractivity (Wildman–Crippen MR) is 56.9 cm³/mol. The second-order valence-electron chi connectivity index (χ2n) is 3.07. The molecule has 0 fully saturated rings. The van der Waals surface area contributed by atoms with Crippen LogP contribution in [0.15, 0.2) is 18.2 Å². The number of rotatable bonds is 4. The normalized spacial score (nSPS) is 9.86. The molecule has 0 aliphatic heterocycles. The monoisotopic (exact) mass is 193 g/mol. The molecule has 2 N–H and O–H groups in total. The minimum absolute atomic E-state index is 0.337. The highest BCUT2D eigenvalue weighted by atomic mass is 16.4. The van der Waals surface area contributed by atoms with E-state index in [-0.39, 0.29) is 0 Å². The van der Waals surface area contributed by atoms with Gasteiger partial charge in [0.25, 0.3) is 0 Å². The lowest BCUT2D eigenvalue weighted by Crippen LogP contribution is -2.06. The number of aromatic carboxylic acids is 1. The maximum absolute atomic E-state index is 10.9. The quantitative estimate of drug-likeness (QED) is 0.771. The molecule has 1 aromatic rings. The van der Waals surface area contributed by atoms with Crippen LogP contribution >= 0.6 is 0 Å². The molecule has 76 valence electrons. The van der Waals surface area contributed by atoms with Gasteiger partial charge in [-0.1, -0.05) is 13.0 Å². The molecule has 0 aliphatic rings. The van der Waals surface area contributed by atoms with E-state index in [2.05, 4.69) is 5.32 Å². The lowest BCUT2D eigenvalue weighted by atomic mass is 10.1. The van der Waals surface area contributed by atoms with E-state index in [1.54, 1.807) is 6.07 Å². The maximum Gasteiger partial charge on any atom is 0.337 e. The van der Waals surface area contributed by atoms with Gasteiger partial charge in [0.1, 0.15) is 0 Å². The molecular formula is C11H15NO2. The van der Waals surface area contributed by atoms with Crippen molar-refractivity contribution in [2.24, 2.45) is 0 Å². The van der Waals surface area contributed by atoms with Gasteiger partial charge in [0.15, 0.2) is 0 Å². The van der Waals surface area contributed by atoms with E-state index < -0.39 is 5.97 Å². The summed E-state index contributed by atoms with van der Waals surface area (Å²) in [5.74, 6) is -0.886. The summed E-state index contributed by atoms with van der Waals surface area (Å²) >= 11 is 0. The Kier molecular flexibility index (Phi) is 3.51. The first-order valence-corrected chi connectivity index (χ1v) is 4.79. The van der Waals surface area contributed by atoms with Crippen molar-refractivity contribution in [1.29, 1.82) is 0 Å². The third-order valence-corrected chi connectivity index (χ3v) is 2.09. The third-order valence-electron chi connectivity index (χ3n) is 2.09. The van der Waals surface area contributed by atoms with Crippen molar-refractivity contribution < 1.29 is 9.90 Å². The highest BCUT2D eigenvalue weighted by Crippen LogP contribution is 2.18. The molecule has 3 nitrogen and oxygen atoms in total. The van der Waals surface area contributed by atoms with E-state index in [0.29, 0.717) is 11.3 Å². The van der Waals surface area contributed by atoms with Crippen LogP contribution in [0, 0.1) is 0 Å². The predicted octanol–water partition coefficient (Wildman–Crippen LogP) is 2.38. The third kappa shape index (κ3) is 2.25. The van der Waals surface area contributed by atoms with Crippen LogP contribution in [-0.4, -0.2) is 17.6 Å². The zero-order valence-electron chi connectivity index (χ0n) is 8.50. The fraction of sp³-hybridized carbons (Fsp3) is 0.364. The lowest BCUT2D eigenvalue weighted by molar-refractivity contribution is 0.0698. The van der Waals surface area contributed by atoms with Gasteiger partial charge in [-0.15, -0.1) is 0 Å². The molecule has 0 saturated heterocycles. The average Bonchev–Trinajstić information content (AvgIpc) is 2.17. The molecule has 0 aliphatic carbocycles. The van der Waals surface area contributed by atoms with Gasteiger partial charge in [0.2, 0.25) is 0 Å². The highest BCUT2D eigenvalue weighted by molar-refractivity contribution is 5.94. The largest absolute Gasteiger partial charge is 0.478 e. The molecular weight excluding hydrogens is 178 g/mol. The molecule has 0 unspecified atom stereocenters. The number of hydrogen-bond acceptors (Lipinski definition) is 2. The van der Waals surface area contributed by atoms with Gasteiger partial charge >= 0.3 is 5.97 Å². The molecule has 0 radical (unpaired) electrons. The first-order valence-electron chi connectivity index (χ1n) is 4.79. The Morgan fingerprint density at radius 2 is 2.14 bits per heavy atom. The van der Waals surface area contributed by atoms with Crippen molar-refractivity contribution in [2.45, 2.75) is 20.3 Å². The summed E-state index contributed by atoms with van der Waals surface area (Å²) in [5, 5.41) is 12.0. The number of carbonyl (C=O) groups is 1. The Morgan fingerprint density at radius 3 is 2.64 bits per heavy atom. The van der Waals surface area contributed by atoms with E-state index >= 15 is 0 Å². The number of benzene rings is 1. The number of nitrogens with one attached hydrogen (secondary N) is 1. The van der Waals surface area contributed by atoms with Crippen molar-refractivity contribution in [2.75, 3.05) is 11.9 Å². The number of aryl methyl sites for hydroxylation is 1. The number of anilines is 1. The van der Waals surface area contributed by atoms with Crippen molar-refractivity contribution >= 4 is 11.7 Å². The number of hydrogen-bond donors (Lipinski definition) is 2. The number of carboxylic acids is 1. The van der Waals surface area contributed by atoms with Crippen molar-refractivity contribution in [1.82, 2.24) is 0 Å². The SMILES string of the molecule is CCNc1cc(CC)ccc1C(=O)O. The van der Waals surface area contributed by atoms with E-state index in [0.717, 1.165) is 18.5 Å². The molecule has 0 amide bonds. The van der Waals surface area contributed by atoms with Crippen molar-refractivity contribution in [3.63, 3.8) is 0 Å². The first kappa shape index (κ1) is 10.6. The van der Waals surface area contributed by atoms with Crippen LogP contribution < -0.4 is 5.32 Å². The van der Waals surface area contributed by atoms with Crippen molar-refractivity contribution in [3.05, 3.63) is 29.3 Å². The standard InChI is InChI=1S/C11H15NO2/c1-3-8-5-6-9(11(13)14)10(7-8)12-4-2/h5-7,12H,3-4H2,1-2H3,(H,13,14). The molecule has 1 rings (SSSR count). The van der Waals surface area contributed by atoms with Crippen LogP contribution in [0.25, 0.3) is 0 Å².